The van der Waals surface area contributed by atoms with Crippen LogP contribution in [0.4, 0.5) is 11.9 Å². The molecule has 0 radical (unpaired) electrons. The van der Waals surface area contributed by atoms with E-state index in [9.17, 15) is 0 Å². The van der Waals surface area contributed by atoms with E-state index >= 15 is 0 Å². The van der Waals surface area contributed by atoms with E-state index in [0.717, 1.165) is 5.56 Å². The highest BCUT2D eigenvalue weighted by Crippen LogP contribution is 2.17. The van der Waals surface area contributed by atoms with Crippen LogP contribution >= 0.6 is 0 Å². The summed E-state index contributed by atoms with van der Waals surface area (Å²) in [5, 5.41) is 3.15. The van der Waals surface area contributed by atoms with E-state index in [0.29, 0.717) is 12.6 Å². The van der Waals surface area contributed by atoms with Crippen LogP contribution < -0.4 is 21.3 Å². The van der Waals surface area contributed by atoms with Crippen molar-refractivity contribution in [2.45, 2.75) is 19.9 Å². The number of nitrogen functional groups attached to an aromatic ring is 1. The molecule has 1 atom stereocenters. The van der Waals surface area contributed by atoms with E-state index in [4.69, 9.17) is 10.6 Å². The smallest absolute Gasteiger partial charge is 0.323 e. The van der Waals surface area contributed by atoms with Gasteiger partial charge in [-0.1, -0.05) is 6.07 Å². The minimum atomic E-state index is -0.00815. The van der Waals surface area contributed by atoms with Crippen molar-refractivity contribution in [2.24, 2.45) is 5.84 Å². The first kappa shape index (κ1) is 13.9. The molecule has 0 aliphatic rings. The Bertz CT molecular complexity index is 549. The molecule has 2 rings (SSSR count). The fourth-order valence-corrected chi connectivity index (χ4v) is 1.59. The van der Waals surface area contributed by atoms with Gasteiger partial charge in [-0.15, -0.1) is 0 Å². The molecule has 0 fully saturated rings. The van der Waals surface area contributed by atoms with E-state index in [1.165, 1.54) is 0 Å². The lowest BCUT2D eigenvalue weighted by molar-refractivity contribution is 0.312. The zero-order chi connectivity index (χ0) is 14.4. The largest absolute Gasteiger partial charge is 0.464 e. The lowest BCUT2D eigenvalue weighted by atomic mass is 10.1. The van der Waals surface area contributed by atoms with E-state index in [-0.39, 0.29) is 18.0 Å². The second-order valence-corrected chi connectivity index (χ2v) is 3.99. The molecule has 106 valence electrons. The fourth-order valence-electron chi connectivity index (χ4n) is 1.59. The van der Waals surface area contributed by atoms with Crippen LogP contribution in [0.3, 0.4) is 0 Å². The molecule has 0 saturated heterocycles. The van der Waals surface area contributed by atoms with Crippen molar-refractivity contribution >= 4 is 11.9 Å². The molecule has 0 aliphatic carbocycles. The fraction of sp³-hybridized carbons (Fsp3) is 0.333. The molecule has 0 aromatic carbocycles. The molecule has 20 heavy (non-hydrogen) atoms. The van der Waals surface area contributed by atoms with Gasteiger partial charge in [0, 0.05) is 12.4 Å². The van der Waals surface area contributed by atoms with E-state index < -0.39 is 0 Å². The van der Waals surface area contributed by atoms with Crippen LogP contribution in [0.25, 0.3) is 0 Å². The number of nitrogens with two attached hydrogens (primary N) is 1. The standard InChI is InChI=1S/C12H17N7O/c1-3-20-12-17-10(16-11(18-12)19-13)15-8(2)9-5-4-6-14-7-9/h4-8H,3,13H2,1-2H3,(H2,15,16,17,18,19). The summed E-state index contributed by atoms with van der Waals surface area (Å²) < 4.78 is 5.27. The molecule has 0 saturated carbocycles. The van der Waals surface area contributed by atoms with Gasteiger partial charge in [0.1, 0.15) is 0 Å². The molecule has 2 aromatic heterocycles. The molecule has 0 spiro atoms. The Labute approximate surface area is 116 Å². The third-order valence-corrected chi connectivity index (χ3v) is 2.55. The molecule has 2 heterocycles. The maximum absolute atomic E-state index is 5.33. The van der Waals surface area contributed by atoms with Gasteiger partial charge >= 0.3 is 6.01 Å². The van der Waals surface area contributed by atoms with E-state index in [2.05, 4.69) is 30.7 Å². The Balaban J connectivity index is 2.17. The summed E-state index contributed by atoms with van der Waals surface area (Å²) in [6, 6.07) is 4.05. The van der Waals surface area contributed by atoms with Gasteiger partial charge in [-0.3, -0.25) is 10.4 Å². The first-order chi connectivity index (χ1) is 9.72. The summed E-state index contributed by atoms with van der Waals surface area (Å²) in [7, 11) is 0. The summed E-state index contributed by atoms with van der Waals surface area (Å²) in [6.45, 7) is 4.30. The molecule has 0 amide bonds. The average molecular weight is 275 g/mol. The molecule has 8 nitrogen and oxygen atoms in total. The second-order valence-electron chi connectivity index (χ2n) is 3.99. The molecule has 8 heteroatoms. The third kappa shape index (κ3) is 3.51. The average Bonchev–Trinajstić information content (AvgIpc) is 2.48. The van der Waals surface area contributed by atoms with Gasteiger partial charge in [-0.2, -0.15) is 15.0 Å². The van der Waals surface area contributed by atoms with E-state index in [1.807, 2.05) is 26.0 Å². The second kappa shape index (κ2) is 6.62. The molecule has 0 bridgehead atoms. The van der Waals surface area contributed by atoms with Gasteiger partial charge in [-0.05, 0) is 25.5 Å². The van der Waals surface area contributed by atoms with Crippen LogP contribution in [0.15, 0.2) is 24.5 Å². The zero-order valence-electron chi connectivity index (χ0n) is 11.4. The number of hydrogen-bond donors (Lipinski definition) is 3. The Morgan fingerprint density at radius 2 is 2.10 bits per heavy atom. The number of ether oxygens (including phenoxy) is 1. The van der Waals surface area contributed by atoms with Gasteiger partial charge in [0.15, 0.2) is 0 Å². The summed E-state index contributed by atoms with van der Waals surface area (Å²) in [6.07, 6.45) is 3.51. The van der Waals surface area contributed by atoms with Gasteiger partial charge in [0.05, 0.1) is 12.6 Å². The summed E-state index contributed by atoms with van der Waals surface area (Å²) >= 11 is 0. The lowest BCUT2D eigenvalue weighted by Gasteiger charge is -2.14. The number of rotatable bonds is 6. The minimum Gasteiger partial charge on any atom is -0.464 e. The predicted molar refractivity (Wildman–Crippen MR) is 75.1 cm³/mol. The highest BCUT2D eigenvalue weighted by molar-refractivity contribution is 5.37. The molecular formula is C12H17N7O. The summed E-state index contributed by atoms with van der Waals surface area (Å²) in [5.74, 6) is 5.95. The molecular weight excluding hydrogens is 258 g/mol. The Kier molecular flexibility index (Phi) is 4.61. The maximum atomic E-state index is 5.33. The van der Waals surface area contributed by atoms with E-state index in [1.54, 1.807) is 12.4 Å². The van der Waals surface area contributed by atoms with Crippen molar-refractivity contribution < 1.29 is 4.74 Å². The molecule has 1 unspecified atom stereocenters. The summed E-state index contributed by atoms with van der Waals surface area (Å²) in [5.41, 5.74) is 3.41. The monoisotopic (exact) mass is 275 g/mol. The number of anilines is 2. The number of pyridine rings is 1. The van der Waals surface area contributed by atoms with Crippen LogP contribution in [-0.4, -0.2) is 26.5 Å². The Hall–Kier alpha value is -2.48. The number of hydrogen-bond acceptors (Lipinski definition) is 8. The quantitative estimate of drug-likeness (QED) is 0.531. The van der Waals surface area contributed by atoms with Crippen molar-refractivity contribution in [3.05, 3.63) is 30.1 Å². The van der Waals surface area contributed by atoms with Gasteiger partial charge in [-0.25, -0.2) is 5.84 Å². The number of nitrogens with one attached hydrogen (secondary N) is 2. The van der Waals surface area contributed by atoms with Gasteiger partial charge in [0.25, 0.3) is 0 Å². The molecule has 4 N–H and O–H groups in total. The molecule has 0 aliphatic heterocycles. The number of hydrazine groups is 1. The predicted octanol–water partition coefficient (Wildman–Crippen LogP) is 1.12. The first-order valence-corrected chi connectivity index (χ1v) is 6.25. The highest BCUT2D eigenvalue weighted by atomic mass is 16.5. The lowest BCUT2D eigenvalue weighted by Crippen LogP contribution is -2.16. The van der Waals surface area contributed by atoms with Crippen LogP contribution in [0, 0.1) is 0 Å². The van der Waals surface area contributed by atoms with Crippen LogP contribution in [-0.2, 0) is 0 Å². The van der Waals surface area contributed by atoms with Crippen molar-refractivity contribution in [3.63, 3.8) is 0 Å². The molecule has 2 aromatic rings. The summed E-state index contributed by atoms with van der Waals surface area (Å²) in [4.78, 5) is 16.4. The SMILES string of the molecule is CCOc1nc(NN)nc(NC(C)c2cccnc2)n1. The normalized spacial score (nSPS) is 11.8. The topological polar surface area (TPSA) is 111 Å². The first-order valence-electron chi connectivity index (χ1n) is 6.25. The van der Waals surface area contributed by atoms with Crippen molar-refractivity contribution in [3.8, 4) is 6.01 Å². The number of aromatic nitrogens is 4. The van der Waals surface area contributed by atoms with Gasteiger partial charge < -0.3 is 10.1 Å². The van der Waals surface area contributed by atoms with Gasteiger partial charge in [0.2, 0.25) is 11.9 Å². The Morgan fingerprint density at radius 3 is 2.75 bits per heavy atom. The number of nitrogens with zero attached hydrogens (tertiary/aromatic N) is 4. The third-order valence-electron chi connectivity index (χ3n) is 2.55. The minimum absolute atomic E-state index is 0.00815. The maximum Gasteiger partial charge on any atom is 0.323 e. The highest BCUT2D eigenvalue weighted by Gasteiger charge is 2.10. The van der Waals surface area contributed by atoms with Crippen LogP contribution in [0.2, 0.25) is 0 Å². The van der Waals surface area contributed by atoms with Crippen LogP contribution in [0.5, 0.6) is 6.01 Å². The van der Waals surface area contributed by atoms with Crippen molar-refractivity contribution in [2.75, 3.05) is 17.3 Å². The van der Waals surface area contributed by atoms with Crippen molar-refractivity contribution in [1.82, 2.24) is 19.9 Å². The van der Waals surface area contributed by atoms with Crippen LogP contribution in [0.1, 0.15) is 25.5 Å². The Morgan fingerprint density at radius 1 is 1.30 bits per heavy atom. The zero-order valence-corrected chi connectivity index (χ0v) is 11.4. The van der Waals surface area contributed by atoms with Crippen molar-refractivity contribution in [1.29, 1.82) is 0 Å².